The van der Waals surface area contributed by atoms with E-state index in [1.807, 2.05) is 37.3 Å². The molecular weight excluding hydrogens is 368 g/mol. The van der Waals surface area contributed by atoms with Crippen LogP contribution in [0.15, 0.2) is 46.0 Å². The molecule has 7 nitrogen and oxygen atoms in total. The molecule has 2 aromatic rings. The molecule has 0 spiro atoms. The summed E-state index contributed by atoms with van der Waals surface area (Å²) in [7, 11) is 1.66. The minimum absolute atomic E-state index is 0.531. The van der Waals surface area contributed by atoms with E-state index >= 15 is 0 Å². The molecule has 2 N–H and O–H groups in total. The van der Waals surface area contributed by atoms with Gasteiger partial charge in [-0.05, 0) is 49.8 Å². The number of hydrogen-bond acceptors (Lipinski definition) is 5. The second-order valence-corrected chi connectivity index (χ2v) is 6.49. The number of methoxy groups -OCH3 is 1. The largest absolute Gasteiger partial charge is 0.493 e. The zero-order valence-electron chi connectivity index (χ0n) is 18.0. The summed E-state index contributed by atoms with van der Waals surface area (Å²) in [6.45, 7) is 11.8. The highest BCUT2D eigenvalue weighted by Gasteiger charge is 2.08. The van der Waals surface area contributed by atoms with Crippen molar-refractivity contribution >= 4 is 5.96 Å². The zero-order chi connectivity index (χ0) is 20.9. The van der Waals surface area contributed by atoms with E-state index in [-0.39, 0.29) is 0 Å². The summed E-state index contributed by atoms with van der Waals surface area (Å²) < 4.78 is 16.8. The standard InChI is InChI=1S/C22H34N4O3/c1-5-23-22(25-17-19-9-8-13-28-19)24-16-18-10-11-20(21(15-18)27-4)29-14-12-26(6-2)7-3/h8-11,13,15H,5-7,12,14,16-17H2,1-4H3,(H2,23,24,25). The van der Waals surface area contributed by atoms with Gasteiger partial charge in [0.25, 0.3) is 0 Å². The molecule has 160 valence electrons. The Bertz CT molecular complexity index is 728. The van der Waals surface area contributed by atoms with Gasteiger partial charge in [-0.2, -0.15) is 0 Å². The Morgan fingerprint density at radius 3 is 2.59 bits per heavy atom. The molecule has 0 radical (unpaired) electrons. The fraction of sp³-hybridized carbons (Fsp3) is 0.500. The zero-order valence-corrected chi connectivity index (χ0v) is 18.0. The Kier molecular flexibility index (Phi) is 9.92. The third-order valence-corrected chi connectivity index (χ3v) is 4.56. The number of nitrogens with one attached hydrogen (secondary N) is 2. The molecule has 0 saturated heterocycles. The van der Waals surface area contributed by atoms with Crippen molar-refractivity contribution in [3.8, 4) is 11.5 Å². The lowest BCUT2D eigenvalue weighted by molar-refractivity contribution is 0.217. The van der Waals surface area contributed by atoms with Gasteiger partial charge in [-0.1, -0.05) is 19.9 Å². The van der Waals surface area contributed by atoms with Crippen molar-refractivity contribution in [3.05, 3.63) is 47.9 Å². The third-order valence-electron chi connectivity index (χ3n) is 4.56. The van der Waals surface area contributed by atoms with Crippen LogP contribution in [-0.2, 0) is 13.1 Å². The second-order valence-electron chi connectivity index (χ2n) is 6.49. The van der Waals surface area contributed by atoms with Crippen molar-refractivity contribution in [2.24, 2.45) is 4.99 Å². The molecule has 1 heterocycles. The van der Waals surface area contributed by atoms with Crippen LogP contribution in [0.1, 0.15) is 32.1 Å². The smallest absolute Gasteiger partial charge is 0.191 e. The average Bonchev–Trinajstić information content (AvgIpc) is 3.27. The number of likely N-dealkylation sites (N-methyl/N-ethyl adjacent to an activating group) is 1. The third kappa shape index (κ3) is 7.69. The summed E-state index contributed by atoms with van der Waals surface area (Å²) >= 11 is 0. The molecule has 2 rings (SSSR count). The molecule has 0 fully saturated rings. The quantitative estimate of drug-likeness (QED) is 0.419. The highest BCUT2D eigenvalue weighted by Crippen LogP contribution is 2.28. The normalized spacial score (nSPS) is 11.6. The number of aliphatic imine (C=N–C) groups is 1. The molecule has 1 aromatic carbocycles. The molecular formula is C22H34N4O3. The van der Waals surface area contributed by atoms with Gasteiger partial charge in [0.05, 0.1) is 26.5 Å². The van der Waals surface area contributed by atoms with Crippen LogP contribution in [0.2, 0.25) is 0 Å². The molecule has 29 heavy (non-hydrogen) atoms. The van der Waals surface area contributed by atoms with Crippen LogP contribution >= 0.6 is 0 Å². The molecule has 0 bridgehead atoms. The van der Waals surface area contributed by atoms with Crippen molar-refractivity contribution in [2.45, 2.75) is 33.9 Å². The molecule has 0 aliphatic carbocycles. The number of furan rings is 1. The van der Waals surface area contributed by atoms with Crippen LogP contribution < -0.4 is 20.1 Å². The summed E-state index contributed by atoms with van der Waals surface area (Å²) in [4.78, 5) is 6.97. The van der Waals surface area contributed by atoms with Crippen LogP contribution in [0.3, 0.4) is 0 Å². The lowest BCUT2D eigenvalue weighted by Gasteiger charge is -2.19. The minimum atomic E-state index is 0.531. The van der Waals surface area contributed by atoms with Crippen LogP contribution in [-0.4, -0.2) is 50.8 Å². The van der Waals surface area contributed by atoms with Crippen LogP contribution in [0, 0.1) is 0 Å². The number of rotatable bonds is 12. The maximum absolute atomic E-state index is 5.92. The van der Waals surface area contributed by atoms with Gasteiger partial charge in [-0.15, -0.1) is 0 Å². The summed E-state index contributed by atoms with van der Waals surface area (Å²) in [6.07, 6.45) is 1.67. The van der Waals surface area contributed by atoms with Gasteiger partial charge in [0.2, 0.25) is 0 Å². The maximum atomic E-state index is 5.92. The first-order valence-electron chi connectivity index (χ1n) is 10.3. The van der Waals surface area contributed by atoms with Gasteiger partial charge >= 0.3 is 0 Å². The van der Waals surface area contributed by atoms with Crippen molar-refractivity contribution < 1.29 is 13.9 Å². The molecule has 0 aliphatic heterocycles. The van der Waals surface area contributed by atoms with Crippen molar-refractivity contribution in [3.63, 3.8) is 0 Å². The monoisotopic (exact) mass is 402 g/mol. The van der Waals surface area contributed by atoms with E-state index in [1.54, 1.807) is 13.4 Å². The number of ether oxygens (including phenoxy) is 2. The first-order valence-corrected chi connectivity index (χ1v) is 10.3. The van der Waals surface area contributed by atoms with Crippen LogP contribution in [0.25, 0.3) is 0 Å². The molecule has 0 saturated carbocycles. The lowest BCUT2D eigenvalue weighted by Crippen LogP contribution is -2.36. The molecule has 7 heteroatoms. The first kappa shape index (κ1) is 22.6. The summed E-state index contributed by atoms with van der Waals surface area (Å²) in [6, 6.07) is 9.76. The second kappa shape index (κ2) is 12.7. The predicted molar refractivity (Wildman–Crippen MR) is 117 cm³/mol. The topological polar surface area (TPSA) is 71.3 Å². The van der Waals surface area contributed by atoms with E-state index in [1.165, 1.54) is 0 Å². The summed E-state index contributed by atoms with van der Waals surface area (Å²) in [5.41, 5.74) is 1.05. The fourth-order valence-corrected chi connectivity index (χ4v) is 2.85. The van der Waals surface area contributed by atoms with Gasteiger partial charge in [0, 0.05) is 13.1 Å². The van der Waals surface area contributed by atoms with E-state index in [4.69, 9.17) is 13.9 Å². The van der Waals surface area contributed by atoms with Crippen LogP contribution in [0.5, 0.6) is 11.5 Å². The van der Waals surface area contributed by atoms with Gasteiger partial charge in [-0.25, -0.2) is 4.99 Å². The summed E-state index contributed by atoms with van der Waals surface area (Å²) in [5, 5.41) is 6.51. The minimum Gasteiger partial charge on any atom is -0.493 e. The number of nitrogens with zero attached hydrogens (tertiary/aromatic N) is 2. The van der Waals surface area contributed by atoms with Gasteiger partial charge in [0.15, 0.2) is 17.5 Å². The van der Waals surface area contributed by atoms with E-state index in [0.29, 0.717) is 19.7 Å². The van der Waals surface area contributed by atoms with E-state index in [2.05, 4.69) is 34.4 Å². The highest BCUT2D eigenvalue weighted by molar-refractivity contribution is 5.79. The SMILES string of the molecule is CCNC(=NCc1ccc(OCCN(CC)CC)c(OC)c1)NCc1ccco1. The number of benzene rings is 1. The van der Waals surface area contributed by atoms with Gasteiger partial charge in [0.1, 0.15) is 12.4 Å². The molecule has 0 atom stereocenters. The Balaban J connectivity index is 1.95. The maximum Gasteiger partial charge on any atom is 0.191 e. The highest BCUT2D eigenvalue weighted by atomic mass is 16.5. The summed E-state index contributed by atoms with van der Waals surface area (Å²) in [5.74, 6) is 3.09. The van der Waals surface area contributed by atoms with E-state index < -0.39 is 0 Å². The molecule has 0 aliphatic rings. The van der Waals surface area contributed by atoms with E-state index in [0.717, 1.165) is 55.0 Å². The Hall–Kier alpha value is -2.67. The lowest BCUT2D eigenvalue weighted by atomic mass is 10.2. The van der Waals surface area contributed by atoms with Crippen LogP contribution in [0.4, 0.5) is 0 Å². The number of hydrogen-bond donors (Lipinski definition) is 2. The first-order chi connectivity index (χ1) is 14.2. The van der Waals surface area contributed by atoms with Crippen molar-refractivity contribution in [1.29, 1.82) is 0 Å². The predicted octanol–water partition coefficient (Wildman–Crippen LogP) is 3.26. The molecule has 1 aromatic heterocycles. The Labute approximate surface area is 174 Å². The Morgan fingerprint density at radius 2 is 1.93 bits per heavy atom. The average molecular weight is 403 g/mol. The van der Waals surface area contributed by atoms with Crippen molar-refractivity contribution in [1.82, 2.24) is 15.5 Å². The molecule has 0 amide bonds. The van der Waals surface area contributed by atoms with Gasteiger partial charge < -0.3 is 29.4 Å². The van der Waals surface area contributed by atoms with Crippen molar-refractivity contribution in [2.75, 3.05) is 39.9 Å². The Morgan fingerprint density at radius 1 is 1.10 bits per heavy atom. The fourth-order valence-electron chi connectivity index (χ4n) is 2.85. The van der Waals surface area contributed by atoms with E-state index in [9.17, 15) is 0 Å². The van der Waals surface area contributed by atoms with Gasteiger partial charge in [-0.3, -0.25) is 0 Å². The number of guanidine groups is 1. The molecule has 0 unspecified atom stereocenters.